The van der Waals surface area contributed by atoms with Gasteiger partial charge in [-0.05, 0) is 0 Å². The Morgan fingerprint density at radius 1 is 1.04 bits per heavy atom. The molecule has 0 bridgehead atoms. The van der Waals surface area contributed by atoms with Gasteiger partial charge in [-0.3, -0.25) is 0 Å². The molecular formula is C21H41BrO2Sn. The van der Waals surface area contributed by atoms with Gasteiger partial charge in [-0.2, -0.15) is 0 Å². The topological polar surface area (TPSA) is 26.3 Å². The number of hydrogen-bond donors (Lipinski definition) is 0. The van der Waals surface area contributed by atoms with E-state index in [0.29, 0.717) is 17.0 Å². The van der Waals surface area contributed by atoms with E-state index in [9.17, 15) is 4.79 Å². The molecule has 0 unspecified atom stereocenters. The second-order valence-corrected chi connectivity index (χ2v) is 21.0. The first-order chi connectivity index (χ1) is 11.9. The van der Waals surface area contributed by atoms with Crippen LogP contribution < -0.4 is 0 Å². The number of Topliss-reactive ketones (excluding diaryl/α,β-unsaturated/α-hetero) is 1. The number of unbranched alkanes of at least 4 members (excludes halogenated alkanes) is 3. The van der Waals surface area contributed by atoms with Crippen LogP contribution in [0.3, 0.4) is 0 Å². The standard InChI is InChI=1S/C9H14BrO2.3C4H9.Sn/c1-7(11)6-9(12)5-3-2-4-8(9)10;3*1-3-4-2;/h8H,2-6H2,1H3;3*1,3-4H2,2H3;/q-1;;;;+1/t8-,9-;;;;/m0..../s1. The van der Waals surface area contributed by atoms with Crippen LogP contribution >= 0.6 is 15.9 Å². The van der Waals surface area contributed by atoms with Gasteiger partial charge in [0.15, 0.2) is 0 Å². The molecule has 0 spiro atoms. The predicted molar refractivity (Wildman–Crippen MR) is 115 cm³/mol. The van der Waals surface area contributed by atoms with Crippen LogP contribution in [0, 0.1) is 0 Å². The van der Waals surface area contributed by atoms with E-state index in [1.54, 1.807) is 6.92 Å². The van der Waals surface area contributed by atoms with Crippen molar-refractivity contribution in [2.24, 2.45) is 0 Å². The van der Waals surface area contributed by atoms with E-state index in [-0.39, 0.29) is 5.60 Å². The predicted octanol–water partition coefficient (Wildman–Crippen LogP) is 7.40. The van der Waals surface area contributed by atoms with Crippen LogP contribution in [0.5, 0.6) is 0 Å². The molecule has 0 N–H and O–H groups in total. The maximum absolute atomic E-state index is 12.1. The van der Waals surface area contributed by atoms with Crippen molar-refractivity contribution in [2.45, 2.75) is 122 Å². The second-order valence-electron chi connectivity index (χ2n) is 8.25. The molecule has 1 aliphatic carbocycles. The van der Waals surface area contributed by atoms with E-state index in [2.05, 4.69) is 36.7 Å². The van der Waals surface area contributed by atoms with Crippen molar-refractivity contribution >= 4 is 40.5 Å². The molecule has 148 valence electrons. The van der Waals surface area contributed by atoms with Gasteiger partial charge < -0.3 is 0 Å². The third kappa shape index (κ3) is 7.81. The summed E-state index contributed by atoms with van der Waals surface area (Å²) in [6.45, 7) is 8.65. The first kappa shape index (κ1) is 23.9. The fourth-order valence-corrected chi connectivity index (χ4v) is 20.6. The molecule has 0 aromatic heterocycles. The zero-order valence-corrected chi connectivity index (χ0v) is 21.6. The Morgan fingerprint density at radius 2 is 1.56 bits per heavy atom. The number of carbonyl (C=O) groups excluding carboxylic acids is 1. The van der Waals surface area contributed by atoms with Gasteiger partial charge in [0.25, 0.3) is 0 Å². The van der Waals surface area contributed by atoms with Crippen molar-refractivity contribution in [2.75, 3.05) is 0 Å². The Balaban J connectivity index is 3.10. The molecule has 1 fully saturated rings. The monoisotopic (exact) mass is 524 g/mol. The summed E-state index contributed by atoms with van der Waals surface area (Å²) in [6, 6.07) is 0. The van der Waals surface area contributed by atoms with Crippen LogP contribution in [-0.4, -0.2) is 35.0 Å². The molecule has 0 aromatic rings. The van der Waals surface area contributed by atoms with E-state index >= 15 is 0 Å². The van der Waals surface area contributed by atoms with Crippen molar-refractivity contribution in [3.8, 4) is 0 Å². The van der Waals surface area contributed by atoms with Gasteiger partial charge in [-0.1, -0.05) is 0 Å². The summed E-state index contributed by atoms with van der Waals surface area (Å²) in [6.07, 6.45) is 13.0. The average Bonchev–Trinajstić information content (AvgIpc) is 2.58. The Hall–Kier alpha value is 0.909. The van der Waals surface area contributed by atoms with E-state index < -0.39 is 18.8 Å². The van der Waals surface area contributed by atoms with Crippen molar-refractivity contribution in [3.63, 3.8) is 0 Å². The van der Waals surface area contributed by atoms with Crippen molar-refractivity contribution in [3.05, 3.63) is 0 Å². The summed E-state index contributed by atoms with van der Waals surface area (Å²) in [5, 5.41) is 0. The summed E-state index contributed by atoms with van der Waals surface area (Å²) in [7, 11) is 0. The Bertz CT molecular complexity index is 366. The summed E-state index contributed by atoms with van der Waals surface area (Å²) >= 11 is 1.24. The Kier molecular flexibility index (Phi) is 11.9. The molecule has 0 saturated heterocycles. The Labute approximate surface area is 169 Å². The first-order valence-corrected chi connectivity index (χ1v) is 18.9. The van der Waals surface area contributed by atoms with Crippen LogP contribution in [0.2, 0.25) is 13.3 Å². The third-order valence-corrected chi connectivity index (χ3v) is 20.3. The summed E-state index contributed by atoms with van der Waals surface area (Å²) < 4.78 is 11.4. The number of carbonyl (C=O) groups is 1. The minimum absolute atomic E-state index is 0.199. The quantitative estimate of drug-likeness (QED) is 0.185. The van der Waals surface area contributed by atoms with Crippen molar-refractivity contribution in [1.29, 1.82) is 0 Å². The zero-order chi connectivity index (χ0) is 18.8. The molecule has 25 heavy (non-hydrogen) atoms. The second kappa shape index (κ2) is 12.4. The van der Waals surface area contributed by atoms with Gasteiger partial charge in [0.1, 0.15) is 0 Å². The summed E-state index contributed by atoms with van der Waals surface area (Å²) in [4.78, 5) is 12.5. The zero-order valence-electron chi connectivity index (χ0n) is 17.2. The fraction of sp³-hybridized carbons (Fsp3) is 0.952. The molecule has 1 rings (SSSR count). The Morgan fingerprint density at radius 3 is 1.96 bits per heavy atom. The number of rotatable bonds is 13. The molecule has 1 aliphatic rings. The molecule has 0 heterocycles. The summed E-state index contributed by atoms with van der Waals surface area (Å²) in [5.41, 5.74) is -0.199. The molecule has 0 amide bonds. The van der Waals surface area contributed by atoms with Gasteiger partial charge in [0.05, 0.1) is 0 Å². The number of alkyl halides is 1. The minimum atomic E-state index is -2.71. The molecule has 4 heteroatoms. The van der Waals surface area contributed by atoms with E-state index in [1.165, 1.54) is 64.7 Å². The SMILES string of the molecule is CCC[CH2][Sn]([CH2]CCC)([CH2]CCC)[O][C@]1(CC(C)=O)CCCC[C@@H]1Br. The summed E-state index contributed by atoms with van der Waals surface area (Å²) in [5.74, 6) is 0.299. The van der Waals surface area contributed by atoms with Crippen molar-refractivity contribution in [1.82, 2.24) is 0 Å². The van der Waals surface area contributed by atoms with Crippen LogP contribution in [-0.2, 0) is 7.87 Å². The molecule has 0 aromatic carbocycles. The van der Waals surface area contributed by atoms with Crippen molar-refractivity contribution < 1.29 is 7.87 Å². The first-order valence-electron chi connectivity index (χ1n) is 10.8. The van der Waals surface area contributed by atoms with Crippen LogP contribution in [0.1, 0.15) is 98.3 Å². The fourth-order valence-electron chi connectivity index (χ4n) is 4.40. The van der Waals surface area contributed by atoms with Gasteiger partial charge in [-0.15, -0.1) is 0 Å². The van der Waals surface area contributed by atoms with Crippen LogP contribution in [0.25, 0.3) is 0 Å². The van der Waals surface area contributed by atoms with Gasteiger partial charge in [0, 0.05) is 0 Å². The molecule has 1 saturated carbocycles. The number of hydrogen-bond acceptors (Lipinski definition) is 2. The maximum atomic E-state index is 12.1. The molecular weight excluding hydrogens is 483 g/mol. The van der Waals surface area contributed by atoms with Gasteiger partial charge in [0.2, 0.25) is 0 Å². The van der Waals surface area contributed by atoms with Gasteiger partial charge in [-0.25, -0.2) is 0 Å². The average molecular weight is 524 g/mol. The molecule has 2 atom stereocenters. The number of ketones is 1. The number of halogens is 1. The third-order valence-electron chi connectivity index (χ3n) is 5.80. The van der Waals surface area contributed by atoms with E-state index in [4.69, 9.17) is 3.07 Å². The normalized spacial score (nSPS) is 24.4. The molecule has 2 nitrogen and oxygen atoms in total. The van der Waals surface area contributed by atoms with E-state index in [1.807, 2.05) is 0 Å². The van der Waals surface area contributed by atoms with E-state index in [0.717, 1.165) is 12.8 Å². The van der Waals surface area contributed by atoms with Crippen LogP contribution in [0.4, 0.5) is 0 Å². The van der Waals surface area contributed by atoms with Gasteiger partial charge >= 0.3 is 170 Å². The molecule has 0 radical (unpaired) electrons. The molecule has 0 aliphatic heterocycles. The van der Waals surface area contributed by atoms with Crippen LogP contribution in [0.15, 0.2) is 0 Å².